The highest BCUT2D eigenvalue weighted by molar-refractivity contribution is 7.17. The second-order valence-corrected chi connectivity index (χ2v) is 10.5. The van der Waals surface area contributed by atoms with Gasteiger partial charge in [-0.1, -0.05) is 18.2 Å². The zero-order valence-electron chi connectivity index (χ0n) is 18.3. The van der Waals surface area contributed by atoms with Gasteiger partial charge in [0.15, 0.2) is 0 Å². The van der Waals surface area contributed by atoms with E-state index in [1.165, 1.54) is 22.3 Å². The molecule has 2 aromatic heterocycles. The third-order valence-corrected chi connectivity index (χ3v) is 7.70. The molecule has 3 aromatic rings. The number of fused-ring (bicyclic) bond motifs is 1. The molecule has 0 atom stereocenters. The Morgan fingerprint density at radius 3 is 2.88 bits per heavy atom. The van der Waals surface area contributed by atoms with Gasteiger partial charge in [-0.25, -0.2) is 4.98 Å². The predicted octanol–water partition coefficient (Wildman–Crippen LogP) is 5.12. The number of nitrogens with one attached hydrogen (secondary N) is 2. The van der Waals surface area contributed by atoms with E-state index < -0.39 is 0 Å². The van der Waals surface area contributed by atoms with Gasteiger partial charge >= 0.3 is 0 Å². The molecule has 33 heavy (non-hydrogen) atoms. The fourth-order valence-corrected chi connectivity index (χ4v) is 5.80. The van der Waals surface area contributed by atoms with Crippen molar-refractivity contribution in [1.82, 2.24) is 10.3 Å². The third-order valence-electron chi connectivity index (χ3n) is 5.67. The Hall–Kier alpha value is -2.97. The van der Waals surface area contributed by atoms with Crippen LogP contribution in [-0.2, 0) is 24.2 Å². The van der Waals surface area contributed by atoms with Gasteiger partial charge in [0.1, 0.15) is 17.4 Å². The number of carbonyl (C=O) groups excluding carboxylic acids is 2. The molecule has 1 aromatic carbocycles. The Labute approximate surface area is 200 Å². The van der Waals surface area contributed by atoms with Crippen LogP contribution in [0, 0.1) is 6.92 Å². The van der Waals surface area contributed by atoms with Crippen molar-refractivity contribution < 1.29 is 14.3 Å². The molecule has 0 radical (unpaired) electrons. The van der Waals surface area contributed by atoms with Gasteiger partial charge in [0.2, 0.25) is 5.91 Å². The van der Waals surface area contributed by atoms with Crippen LogP contribution in [0.4, 0.5) is 5.00 Å². The molecule has 2 amide bonds. The highest BCUT2D eigenvalue weighted by Gasteiger charge is 2.30. The molecule has 0 bridgehead atoms. The van der Waals surface area contributed by atoms with Crippen molar-refractivity contribution in [3.05, 3.63) is 68.0 Å². The van der Waals surface area contributed by atoms with Gasteiger partial charge in [0.25, 0.3) is 5.91 Å². The lowest BCUT2D eigenvalue weighted by Crippen LogP contribution is -2.27. The molecular formula is C25H25N3O3S2. The fraction of sp³-hybridized carbons (Fsp3) is 0.320. The van der Waals surface area contributed by atoms with Gasteiger partial charge in [-0.3, -0.25) is 9.59 Å². The lowest BCUT2D eigenvalue weighted by atomic mass is 10.1. The largest absolute Gasteiger partial charge is 0.487 e. The summed E-state index contributed by atoms with van der Waals surface area (Å²) >= 11 is 3.12. The van der Waals surface area contributed by atoms with Crippen LogP contribution in [0.3, 0.4) is 0 Å². The number of anilines is 1. The minimum absolute atomic E-state index is 0.0628. The minimum Gasteiger partial charge on any atom is -0.487 e. The van der Waals surface area contributed by atoms with E-state index in [2.05, 4.69) is 15.6 Å². The summed E-state index contributed by atoms with van der Waals surface area (Å²) in [7, 11) is 0. The smallest absolute Gasteiger partial charge is 0.254 e. The second-order valence-electron chi connectivity index (χ2n) is 8.32. The number of para-hydroxylation sites is 1. The average Bonchev–Trinajstić information content (AvgIpc) is 3.16. The van der Waals surface area contributed by atoms with Crippen LogP contribution in [-0.4, -0.2) is 22.8 Å². The molecule has 1 saturated carbocycles. The number of nitrogens with zero attached hydrogens (tertiary/aromatic N) is 1. The van der Waals surface area contributed by atoms with E-state index in [0.29, 0.717) is 22.9 Å². The molecule has 8 heteroatoms. The highest BCUT2D eigenvalue weighted by atomic mass is 32.1. The third kappa shape index (κ3) is 5.17. The van der Waals surface area contributed by atoms with Crippen molar-refractivity contribution in [1.29, 1.82) is 0 Å². The van der Waals surface area contributed by atoms with Crippen LogP contribution in [0.25, 0.3) is 6.08 Å². The molecule has 0 spiro atoms. The Morgan fingerprint density at radius 1 is 1.24 bits per heavy atom. The van der Waals surface area contributed by atoms with Gasteiger partial charge in [0, 0.05) is 27.9 Å². The minimum atomic E-state index is -0.264. The number of hydrogen-bond acceptors (Lipinski definition) is 6. The van der Waals surface area contributed by atoms with E-state index in [0.717, 1.165) is 53.9 Å². The number of thiophene rings is 1. The first-order chi connectivity index (χ1) is 16.1. The fourth-order valence-electron chi connectivity index (χ4n) is 3.91. The Bertz CT molecular complexity index is 1220. The highest BCUT2D eigenvalue weighted by Crippen LogP contribution is 2.39. The molecule has 2 heterocycles. The van der Waals surface area contributed by atoms with Crippen molar-refractivity contribution in [2.45, 2.75) is 51.7 Å². The Morgan fingerprint density at radius 2 is 2.09 bits per heavy atom. The van der Waals surface area contributed by atoms with Crippen LogP contribution < -0.4 is 15.4 Å². The van der Waals surface area contributed by atoms with E-state index in [4.69, 9.17) is 4.74 Å². The molecular weight excluding hydrogens is 454 g/mol. The monoisotopic (exact) mass is 479 g/mol. The van der Waals surface area contributed by atoms with Gasteiger partial charge < -0.3 is 15.4 Å². The van der Waals surface area contributed by atoms with Crippen molar-refractivity contribution in [2.24, 2.45) is 0 Å². The molecule has 1 fully saturated rings. The summed E-state index contributed by atoms with van der Waals surface area (Å²) in [5.41, 5.74) is 3.45. The summed E-state index contributed by atoms with van der Waals surface area (Å²) in [6, 6.07) is 7.86. The number of ether oxygens (including phenoxy) is 1. The SMILES string of the molecule is Cc1nc(COc2ccccc2/C=C\C(=O)Nc2sc3c(c2C(=O)NC2CC2)CCC3)cs1. The number of amides is 2. The number of hydrogen-bond donors (Lipinski definition) is 2. The maximum Gasteiger partial charge on any atom is 0.254 e. The second kappa shape index (κ2) is 9.49. The van der Waals surface area contributed by atoms with Gasteiger partial charge in [-0.2, -0.15) is 0 Å². The van der Waals surface area contributed by atoms with E-state index in [-0.39, 0.29) is 17.9 Å². The average molecular weight is 480 g/mol. The molecule has 0 saturated heterocycles. The van der Waals surface area contributed by atoms with Crippen LogP contribution in [0.15, 0.2) is 35.7 Å². The summed E-state index contributed by atoms with van der Waals surface area (Å²) < 4.78 is 5.93. The summed E-state index contributed by atoms with van der Waals surface area (Å²) in [6.45, 7) is 2.34. The lowest BCUT2D eigenvalue weighted by molar-refractivity contribution is -0.111. The maximum absolute atomic E-state index is 12.8. The van der Waals surface area contributed by atoms with Gasteiger partial charge in [-0.05, 0) is 56.7 Å². The van der Waals surface area contributed by atoms with E-state index >= 15 is 0 Å². The summed E-state index contributed by atoms with van der Waals surface area (Å²) in [4.78, 5) is 31.2. The molecule has 2 aliphatic rings. The van der Waals surface area contributed by atoms with Crippen molar-refractivity contribution in [3.63, 3.8) is 0 Å². The maximum atomic E-state index is 12.8. The Kier molecular flexibility index (Phi) is 6.28. The number of benzene rings is 1. The molecule has 0 aliphatic heterocycles. The van der Waals surface area contributed by atoms with Gasteiger partial charge in [0.05, 0.1) is 16.3 Å². The normalized spacial score (nSPS) is 14.9. The van der Waals surface area contributed by atoms with Crippen LogP contribution >= 0.6 is 22.7 Å². The van der Waals surface area contributed by atoms with Crippen LogP contribution in [0.5, 0.6) is 5.75 Å². The summed E-state index contributed by atoms with van der Waals surface area (Å²) in [6.07, 6.45) is 8.23. The lowest BCUT2D eigenvalue weighted by Gasteiger charge is -2.09. The van der Waals surface area contributed by atoms with Crippen molar-refractivity contribution >= 4 is 45.6 Å². The molecule has 6 nitrogen and oxygen atoms in total. The number of rotatable bonds is 8. The quantitative estimate of drug-likeness (QED) is 0.439. The first-order valence-electron chi connectivity index (χ1n) is 11.1. The van der Waals surface area contributed by atoms with Crippen LogP contribution in [0.1, 0.15) is 56.3 Å². The predicted molar refractivity (Wildman–Crippen MR) is 132 cm³/mol. The van der Waals surface area contributed by atoms with Gasteiger partial charge in [-0.15, -0.1) is 22.7 Å². The number of aryl methyl sites for hydroxylation is 2. The van der Waals surface area contributed by atoms with E-state index in [1.54, 1.807) is 17.4 Å². The number of carbonyl (C=O) groups is 2. The topological polar surface area (TPSA) is 80.3 Å². The number of aromatic nitrogens is 1. The first-order valence-corrected chi connectivity index (χ1v) is 12.8. The molecule has 2 N–H and O–H groups in total. The zero-order chi connectivity index (χ0) is 22.8. The molecule has 5 rings (SSSR count). The summed E-state index contributed by atoms with van der Waals surface area (Å²) in [5.74, 6) is 0.360. The van der Waals surface area contributed by atoms with E-state index in [1.807, 2.05) is 36.6 Å². The zero-order valence-corrected chi connectivity index (χ0v) is 20.0. The first kappa shape index (κ1) is 21.9. The van der Waals surface area contributed by atoms with E-state index in [9.17, 15) is 9.59 Å². The number of thiazole rings is 1. The van der Waals surface area contributed by atoms with Crippen LogP contribution in [0.2, 0.25) is 0 Å². The standard InChI is InChI=1S/C25H25N3O3S2/c1-15-26-18(14-32-15)13-31-20-7-3-2-5-16(20)9-12-22(29)28-25-23(24(30)27-17-10-11-17)19-6-4-8-21(19)33-25/h2-3,5,7,9,12,14,17H,4,6,8,10-11,13H2,1H3,(H,27,30)(H,28,29)/b12-9-. The Balaban J connectivity index is 1.28. The molecule has 2 aliphatic carbocycles. The van der Waals surface area contributed by atoms with Crippen molar-refractivity contribution in [2.75, 3.05) is 5.32 Å². The van der Waals surface area contributed by atoms with Crippen molar-refractivity contribution in [3.8, 4) is 5.75 Å². The molecule has 0 unspecified atom stereocenters. The molecule has 170 valence electrons. The summed E-state index contributed by atoms with van der Waals surface area (Å²) in [5, 5.41) is 9.65.